The van der Waals surface area contributed by atoms with Crippen molar-refractivity contribution in [2.24, 2.45) is 4.99 Å². The fourth-order valence-corrected chi connectivity index (χ4v) is 5.39. The highest BCUT2D eigenvalue weighted by atomic mass is 32.2. The molecule has 1 aliphatic rings. The van der Waals surface area contributed by atoms with Crippen LogP contribution in [0.25, 0.3) is 22.4 Å². The molecule has 5 N–H and O–H groups in total. The van der Waals surface area contributed by atoms with Crippen LogP contribution >= 0.6 is 0 Å². The van der Waals surface area contributed by atoms with Crippen LogP contribution in [0.3, 0.4) is 0 Å². The lowest BCUT2D eigenvalue weighted by Gasteiger charge is -2.16. The van der Waals surface area contributed by atoms with Crippen LogP contribution in [0.4, 0.5) is 15.8 Å². The maximum Gasteiger partial charge on any atom is 0.209 e. The van der Waals surface area contributed by atoms with Crippen molar-refractivity contribution in [2.45, 2.75) is 19.5 Å². The Bertz CT molecular complexity index is 1840. The minimum absolute atomic E-state index is 0.0395. The summed E-state index contributed by atoms with van der Waals surface area (Å²) in [6.07, 6.45) is 4.85. The number of sulfonamides is 1. The summed E-state index contributed by atoms with van der Waals surface area (Å²) in [5.74, 6) is -0.193. The highest BCUT2D eigenvalue weighted by Crippen LogP contribution is 2.32. The number of aromatic nitrogens is 2. The van der Waals surface area contributed by atoms with E-state index in [4.69, 9.17) is 16.1 Å². The van der Waals surface area contributed by atoms with E-state index >= 15 is 0 Å². The number of halogens is 1. The number of nitrogens with zero attached hydrogens (tertiary/aromatic N) is 4. The second kappa shape index (κ2) is 12.4. The quantitative estimate of drug-likeness (QED) is 0.212. The third-order valence-electron chi connectivity index (χ3n) is 6.87. The van der Waals surface area contributed by atoms with Gasteiger partial charge in [-0.05, 0) is 79.2 Å². The van der Waals surface area contributed by atoms with Gasteiger partial charge in [0, 0.05) is 37.0 Å². The van der Waals surface area contributed by atoms with Crippen LogP contribution in [0.5, 0.6) is 0 Å². The van der Waals surface area contributed by atoms with Crippen LogP contribution in [-0.2, 0) is 29.5 Å². The largest absolute Gasteiger partial charge is 0.397 e. The molecular formula is C31H33FN8O2S. The lowest BCUT2D eigenvalue weighted by atomic mass is 9.97. The molecule has 0 amide bonds. The van der Waals surface area contributed by atoms with E-state index in [2.05, 4.69) is 37.0 Å². The average molecular weight is 601 g/mol. The summed E-state index contributed by atoms with van der Waals surface area (Å²) < 4.78 is 40.1. The third-order valence-corrected chi connectivity index (χ3v) is 7.54. The molecule has 0 atom stereocenters. The summed E-state index contributed by atoms with van der Waals surface area (Å²) in [7, 11) is 0.584. The van der Waals surface area contributed by atoms with Crippen molar-refractivity contribution in [1.29, 1.82) is 5.41 Å². The van der Waals surface area contributed by atoms with Crippen molar-refractivity contribution in [3.05, 3.63) is 95.2 Å². The van der Waals surface area contributed by atoms with Crippen LogP contribution in [0, 0.1) is 11.2 Å². The van der Waals surface area contributed by atoms with Crippen LogP contribution in [0.1, 0.15) is 22.4 Å². The number of nitrogens with two attached hydrogens (primary N) is 1. The van der Waals surface area contributed by atoms with Gasteiger partial charge in [-0.15, -0.1) is 0 Å². The van der Waals surface area contributed by atoms with Crippen molar-refractivity contribution in [3.8, 4) is 22.4 Å². The zero-order valence-corrected chi connectivity index (χ0v) is 25.0. The number of amidine groups is 1. The van der Waals surface area contributed by atoms with E-state index in [1.807, 2.05) is 32.3 Å². The first-order chi connectivity index (χ1) is 20.5. The Morgan fingerprint density at radius 3 is 2.65 bits per heavy atom. The number of pyridine rings is 2. The van der Waals surface area contributed by atoms with Gasteiger partial charge in [0.1, 0.15) is 17.2 Å². The lowest BCUT2D eigenvalue weighted by Crippen LogP contribution is -2.25. The van der Waals surface area contributed by atoms with Gasteiger partial charge < -0.3 is 16.0 Å². The summed E-state index contributed by atoms with van der Waals surface area (Å²) in [6.45, 7) is 1.11. The smallest absolute Gasteiger partial charge is 0.209 e. The molecule has 3 heterocycles. The van der Waals surface area contributed by atoms with Crippen molar-refractivity contribution in [3.63, 3.8) is 0 Å². The zero-order valence-electron chi connectivity index (χ0n) is 24.1. The van der Waals surface area contributed by atoms with Crippen LogP contribution < -0.4 is 15.8 Å². The first-order valence-corrected chi connectivity index (χ1v) is 15.5. The Balaban J connectivity index is 1.43. The predicted molar refractivity (Wildman–Crippen MR) is 169 cm³/mol. The van der Waals surface area contributed by atoms with Gasteiger partial charge in [0.2, 0.25) is 10.0 Å². The fourth-order valence-electron chi connectivity index (χ4n) is 4.96. The summed E-state index contributed by atoms with van der Waals surface area (Å²) in [5.41, 5.74) is 13.0. The number of anilines is 2. The van der Waals surface area contributed by atoms with Gasteiger partial charge in [-0.25, -0.2) is 22.5 Å². The zero-order chi connectivity index (χ0) is 30.7. The molecule has 222 valence electrons. The van der Waals surface area contributed by atoms with E-state index in [0.29, 0.717) is 58.3 Å². The summed E-state index contributed by atoms with van der Waals surface area (Å²) >= 11 is 0. The van der Waals surface area contributed by atoms with Gasteiger partial charge in [-0.1, -0.05) is 18.2 Å². The van der Waals surface area contributed by atoms with Crippen LogP contribution in [0.2, 0.25) is 0 Å². The van der Waals surface area contributed by atoms with Gasteiger partial charge >= 0.3 is 0 Å². The second-order valence-electron chi connectivity index (χ2n) is 10.7. The van der Waals surface area contributed by atoms with Crippen LogP contribution in [0.15, 0.2) is 72.0 Å². The molecule has 0 spiro atoms. The molecule has 12 heteroatoms. The van der Waals surface area contributed by atoms with Crippen molar-refractivity contribution < 1.29 is 12.8 Å². The van der Waals surface area contributed by atoms with Crippen molar-refractivity contribution >= 4 is 32.9 Å². The molecule has 43 heavy (non-hydrogen) atoms. The first-order valence-electron chi connectivity index (χ1n) is 13.6. The summed E-state index contributed by atoms with van der Waals surface area (Å²) in [5, 5.41) is 12.2. The molecule has 0 saturated heterocycles. The first kappa shape index (κ1) is 30.0. The topological polar surface area (TPSA) is 149 Å². The Labute approximate surface area is 250 Å². The standard InChI is InChI=1S/C31H33FN8O2S/c1-40(2)18-19-5-4-6-21(11-19)27-8-7-26(33)30(38-27)29(34)31-36-10-9-24-25(16-35-17-28(24)39-31)22-12-20(13-23(32)14-22)15-37-43(3,41)42/h4-8,11-14,16-17,34,37H,9-10,15,18,33H2,1-3H3,(H,36,39). The minimum Gasteiger partial charge on any atom is -0.397 e. The van der Waals surface area contributed by atoms with E-state index in [0.717, 1.165) is 29.5 Å². The number of hydrogen-bond acceptors (Lipinski definition) is 9. The molecule has 4 aromatic rings. The van der Waals surface area contributed by atoms with Gasteiger partial charge in [0.15, 0.2) is 5.84 Å². The lowest BCUT2D eigenvalue weighted by molar-refractivity contribution is 0.402. The van der Waals surface area contributed by atoms with Crippen LogP contribution in [-0.4, -0.2) is 61.7 Å². The molecule has 1 aliphatic heterocycles. The molecule has 2 aromatic carbocycles. The van der Waals surface area contributed by atoms with Crippen molar-refractivity contribution in [2.75, 3.05) is 37.9 Å². The molecule has 0 aliphatic carbocycles. The second-order valence-corrected chi connectivity index (χ2v) is 12.5. The SMILES string of the molecule is CN(C)Cc1cccc(-c2ccc(N)c(C(=N)C3=NCCc4c(cncc4-c4cc(F)cc(CNS(C)(=O)=O)c4)N3)n2)c1. The number of hydrogen-bond donors (Lipinski definition) is 4. The Kier molecular flexibility index (Phi) is 8.62. The number of nitrogens with one attached hydrogen (secondary N) is 3. The van der Waals surface area contributed by atoms with E-state index in [-0.39, 0.29) is 12.3 Å². The predicted octanol–water partition coefficient (Wildman–Crippen LogP) is 4.08. The fraction of sp³-hybridized carbons (Fsp3) is 0.226. The average Bonchev–Trinajstić information content (AvgIpc) is 3.18. The Hall–Kier alpha value is -4.52. The molecular weight excluding hydrogens is 567 g/mol. The molecule has 10 nitrogen and oxygen atoms in total. The highest BCUT2D eigenvalue weighted by molar-refractivity contribution is 7.88. The number of fused-ring (bicyclic) bond motifs is 1. The molecule has 2 aromatic heterocycles. The van der Waals surface area contributed by atoms with Gasteiger partial charge in [-0.3, -0.25) is 15.4 Å². The van der Waals surface area contributed by atoms with Gasteiger partial charge in [0.05, 0.1) is 29.5 Å². The van der Waals surface area contributed by atoms with Crippen molar-refractivity contribution in [1.82, 2.24) is 19.6 Å². The maximum atomic E-state index is 14.6. The third kappa shape index (κ3) is 7.28. The number of benzene rings is 2. The van der Waals surface area contributed by atoms with E-state index in [1.54, 1.807) is 24.5 Å². The molecule has 5 rings (SSSR count). The molecule has 0 saturated carbocycles. The Morgan fingerprint density at radius 2 is 1.88 bits per heavy atom. The highest BCUT2D eigenvalue weighted by Gasteiger charge is 2.22. The summed E-state index contributed by atoms with van der Waals surface area (Å²) in [4.78, 5) is 15.8. The Morgan fingerprint density at radius 1 is 1.09 bits per heavy atom. The minimum atomic E-state index is -3.44. The monoisotopic (exact) mass is 600 g/mol. The van der Waals surface area contributed by atoms with E-state index < -0.39 is 15.8 Å². The number of nitrogen functional groups attached to an aromatic ring is 1. The molecule has 0 unspecified atom stereocenters. The number of rotatable bonds is 9. The normalized spacial score (nSPS) is 13.2. The van der Waals surface area contributed by atoms with E-state index in [1.165, 1.54) is 12.1 Å². The summed E-state index contributed by atoms with van der Waals surface area (Å²) in [6, 6.07) is 16.1. The van der Waals surface area contributed by atoms with Gasteiger partial charge in [0.25, 0.3) is 0 Å². The number of aliphatic imine (C=N–C) groups is 1. The van der Waals surface area contributed by atoms with Gasteiger partial charge in [-0.2, -0.15) is 0 Å². The molecule has 0 radical (unpaired) electrons. The molecule has 0 bridgehead atoms. The molecule has 0 fully saturated rings. The van der Waals surface area contributed by atoms with E-state index in [9.17, 15) is 12.8 Å². The maximum absolute atomic E-state index is 14.6.